The van der Waals surface area contributed by atoms with Crippen molar-refractivity contribution in [3.63, 3.8) is 0 Å². The van der Waals surface area contributed by atoms with E-state index in [4.69, 9.17) is 32.0 Å². The van der Waals surface area contributed by atoms with E-state index >= 15 is 0 Å². The number of hydrogen-bond acceptors (Lipinski definition) is 8. The average molecular weight is 674 g/mol. The van der Waals surface area contributed by atoms with Crippen molar-refractivity contribution in [2.24, 2.45) is 0 Å². The van der Waals surface area contributed by atoms with E-state index in [1.807, 2.05) is 17.8 Å². The van der Waals surface area contributed by atoms with Crippen LogP contribution in [0, 0.1) is 0 Å². The quantitative estimate of drug-likeness (QED) is 0.196. The molecule has 0 radical (unpaired) electrons. The van der Waals surface area contributed by atoms with Crippen LogP contribution in [-0.4, -0.2) is 106 Å². The van der Waals surface area contributed by atoms with E-state index in [1.54, 1.807) is 7.05 Å². The highest BCUT2D eigenvalue weighted by atomic mass is 35.5. The van der Waals surface area contributed by atoms with Crippen molar-refractivity contribution < 1.29 is 44.4 Å². The molecule has 1 fully saturated rings. The van der Waals surface area contributed by atoms with Crippen molar-refractivity contribution in [1.82, 2.24) is 15.1 Å². The molecular weight excluding hydrogens is 638 g/mol. The van der Waals surface area contributed by atoms with E-state index in [-0.39, 0.29) is 5.91 Å². The van der Waals surface area contributed by atoms with Gasteiger partial charge in [-0.3, -0.25) is 4.79 Å². The molecule has 14 heteroatoms. The molecule has 0 spiro atoms. The number of carboxylic acid groups (broad SMARTS) is 4. The maximum Gasteiger partial charge on any atom is 0.328 e. The smallest absolute Gasteiger partial charge is 0.328 e. The minimum absolute atomic E-state index is 0.121. The molecule has 2 aromatic carbocycles. The Kier molecular flexibility index (Phi) is 16.3. The number of nitrogens with zero attached hydrogens (tertiary/aromatic N) is 2. The van der Waals surface area contributed by atoms with Gasteiger partial charge in [-0.25, -0.2) is 19.2 Å². The van der Waals surface area contributed by atoms with Crippen molar-refractivity contribution >= 4 is 58.7 Å². The summed E-state index contributed by atoms with van der Waals surface area (Å²) in [5.74, 6) is -4.91. The lowest BCUT2D eigenvalue weighted by Crippen LogP contribution is -2.47. The Labute approximate surface area is 275 Å². The summed E-state index contributed by atoms with van der Waals surface area (Å²) in [7, 11) is 1.70. The number of halogens is 1. The first-order valence-electron chi connectivity index (χ1n) is 14.1. The Morgan fingerprint density at radius 1 is 0.761 bits per heavy atom. The molecule has 2 aromatic rings. The third-order valence-corrected chi connectivity index (χ3v) is 7.95. The summed E-state index contributed by atoms with van der Waals surface area (Å²) in [6.07, 6.45) is 6.21. The SMILES string of the molecule is CNC(=O)CCN1CCN(CC/C=C2\c3ccccc3Sc3ccc(Cl)cc32)CC1.O=C(O)/C=C/C(=O)O.O=C(O)/C=C/C(=O)O. The predicted octanol–water partition coefficient (Wildman–Crippen LogP) is 3.80. The molecule has 5 N–H and O–H groups in total. The van der Waals surface area contributed by atoms with Crippen LogP contribution in [0.1, 0.15) is 24.0 Å². The summed E-state index contributed by atoms with van der Waals surface area (Å²) in [5, 5.41) is 34.7. The van der Waals surface area contributed by atoms with Gasteiger partial charge in [0.2, 0.25) is 5.91 Å². The number of carbonyl (C=O) groups is 5. The van der Waals surface area contributed by atoms with E-state index < -0.39 is 23.9 Å². The van der Waals surface area contributed by atoms with Crippen molar-refractivity contribution in [3.8, 4) is 0 Å². The number of rotatable bonds is 10. The number of hydrogen-bond donors (Lipinski definition) is 5. The molecule has 0 aromatic heterocycles. The van der Waals surface area contributed by atoms with E-state index in [2.05, 4.69) is 57.6 Å². The van der Waals surface area contributed by atoms with Gasteiger partial charge in [0.15, 0.2) is 0 Å². The fourth-order valence-electron chi connectivity index (χ4n) is 4.36. The third kappa shape index (κ3) is 14.1. The Morgan fingerprint density at radius 2 is 1.26 bits per heavy atom. The fourth-order valence-corrected chi connectivity index (χ4v) is 5.62. The number of benzene rings is 2. The topological polar surface area (TPSA) is 185 Å². The van der Waals surface area contributed by atoms with E-state index in [0.29, 0.717) is 30.7 Å². The van der Waals surface area contributed by atoms with Gasteiger partial charge < -0.3 is 35.5 Å². The first-order valence-corrected chi connectivity index (χ1v) is 15.3. The lowest BCUT2D eigenvalue weighted by atomic mass is 9.96. The van der Waals surface area contributed by atoms with Crippen LogP contribution in [0.25, 0.3) is 5.57 Å². The Balaban J connectivity index is 0.000000381. The number of carboxylic acids is 4. The van der Waals surface area contributed by atoms with Gasteiger partial charge in [0.1, 0.15) is 0 Å². The van der Waals surface area contributed by atoms with Crippen LogP contribution >= 0.6 is 23.4 Å². The maximum absolute atomic E-state index is 11.4. The van der Waals surface area contributed by atoms with Gasteiger partial charge in [-0.1, -0.05) is 47.6 Å². The molecule has 46 heavy (non-hydrogen) atoms. The van der Waals surface area contributed by atoms with Crippen LogP contribution in [0.15, 0.2) is 82.6 Å². The van der Waals surface area contributed by atoms with Crippen LogP contribution in [0.4, 0.5) is 0 Å². The number of fused-ring (bicyclic) bond motifs is 2. The standard InChI is InChI=1S/C24H28ClN3OS.2C4H4O4/c1-26-24(29)10-12-28-15-13-27(14-16-28)11-4-6-19-20-5-2-3-7-22(20)30-23-9-8-18(25)17-21(19)23;2*5-3(6)1-2-4(7)8/h2-3,5-9,17H,4,10-16H2,1H3,(H,26,29);2*1-2H,(H,5,6)(H,7,8)/b19-6+;2*2-1+. The Morgan fingerprint density at radius 3 is 1.78 bits per heavy atom. The van der Waals surface area contributed by atoms with Gasteiger partial charge in [-0.15, -0.1) is 0 Å². The van der Waals surface area contributed by atoms with Crippen LogP contribution in [0.3, 0.4) is 0 Å². The second-order valence-corrected chi connectivity index (χ2v) is 11.3. The molecule has 0 atom stereocenters. The molecule has 0 unspecified atom stereocenters. The van der Waals surface area contributed by atoms with Gasteiger partial charge in [-0.05, 0) is 47.4 Å². The predicted molar refractivity (Wildman–Crippen MR) is 174 cm³/mol. The molecule has 0 saturated carbocycles. The molecule has 0 aliphatic carbocycles. The molecule has 246 valence electrons. The molecule has 4 rings (SSSR count). The van der Waals surface area contributed by atoms with Gasteiger partial charge in [0.05, 0.1) is 0 Å². The molecule has 2 heterocycles. The number of carbonyl (C=O) groups excluding carboxylic acids is 1. The highest BCUT2D eigenvalue weighted by molar-refractivity contribution is 7.99. The van der Waals surface area contributed by atoms with E-state index in [9.17, 15) is 24.0 Å². The van der Waals surface area contributed by atoms with Crippen LogP contribution in [-0.2, 0) is 24.0 Å². The minimum atomic E-state index is -1.26. The molecule has 1 amide bonds. The number of amides is 1. The summed E-state index contributed by atoms with van der Waals surface area (Å²) in [6, 6.07) is 14.8. The van der Waals surface area contributed by atoms with Crippen LogP contribution in [0.5, 0.6) is 0 Å². The molecule has 1 saturated heterocycles. The lowest BCUT2D eigenvalue weighted by molar-refractivity contribution is -0.134. The molecule has 2 aliphatic rings. The van der Waals surface area contributed by atoms with Gasteiger partial charge in [0.25, 0.3) is 0 Å². The number of piperazine rings is 1. The molecule has 2 aliphatic heterocycles. The second kappa shape index (κ2) is 19.9. The van der Waals surface area contributed by atoms with Crippen molar-refractivity contribution in [1.29, 1.82) is 0 Å². The highest BCUT2D eigenvalue weighted by Crippen LogP contribution is 2.46. The van der Waals surface area contributed by atoms with E-state index in [0.717, 1.165) is 50.7 Å². The van der Waals surface area contributed by atoms with Crippen molar-refractivity contribution in [2.75, 3.05) is 46.3 Å². The van der Waals surface area contributed by atoms with Gasteiger partial charge in [0, 0.05) is 91.9 Å². The van der Waals surface area contributed by atoms with Crippen molar-refractivity contribution in [3.05, 3.63) is 89.0 Å². The summed E-state index contributed by atoms with van der Waals surface area (Å²) >= 11 is 8.14. The summed E-state index contributed by atoms with van der Waals surface area (Å²) in [6.45, 7) is 6.09. The highest BCUT2D eigenvalue weighted by Gasteiger charge is 2.21. The third-order valence-electron chi connectivity index (χ3n) is 6.56. The van der Waals surface area contributed by atoms with Crippen LogP contribution in [0.2, 0.25) is 5.02 Å². The molecular formula is C32H36ClN3O9S. The Bertz CT molecular complexity index is 1420. The summed E-state index contributed by atoms with van der Waals surface area (Å²) in [4.78, 5) is 57.1. The monoisotopic (exact) mass is 673 g/mol. The van der Waals surface area contributed by atoms with Crippen molar-refractivity contribution in [2.45, 2.75) is 22.6 Å². The minimum Gasteiger partial charge on any atom is -0.478 e. The Hall–Kier alpha value is -4.43. The van der Waals surface area contributed by atoms with E-state index in [1.165, 1.54) is 26.5 Å². The number of nitrogens with one attached hydrogen (secondary N) is 1. The largest absolute Gasteiger partial charge is 0.478 e. The first-order chi connectivity index (χ1) is 21.9. The lowest BCUT2D eigenvalue weighted by Gasteiger charge is -2.34. The average Bonchev–Trinajstić information content (AvgIpc) is 3.02. The molecule has 12 nitrogen and oxygen atoms in total. The summed E-state index contributed by atoms with van der Waals surface area (Å²) < 4.78 is 0. The van der Waals surface area contributed by atoms with Gasteiger partial charge >= 0.3 is 23.9 Å². The van der Waals surface area contributed by atoms with Crippen LogP contribution < -0.4 is 5.32 Å². The zero-order chi connectivity index (χ0) is 34.1. The normalized spacial score (nSPS) is 15.1. The fraction of sp³-hybridized carbons (Fsp3) is 0.281. The second-order valence-electron chi connectivity index (χ2n) is 9.77. The zero-order valence-corrected chi connectivity index (χ0v) is 26.7. The summed E-state index contributed by atoms with van der Waals surface area (Å²) in [5.41, 5.74) is 3.84. The number of aliphatic carboxylic acids is 4. The van der Waals surface area contributed by atoms with Gasteiger partial charge in [-0.2, -0.15) is 0 Å². The zero-order valence-electron chi connectivity index (χ0n) is 25.1. The molecule has 0 bridgehead atoms. The first kappa shape index (κ1) is 37.8. The maximum atomic E-state index is 11.4.